The molecule has 6 nitrogen and oxygen atoms in total. The van der Waals surface area contributed by atoms with E-state index in [-0.39, 0.29) is 5.89 Å². The minimum absolute atomic E-state index is 0.199. The first-order valence-electron chi connectivity index (χ1n) is 4.44. The van der Waals surface area contributed by atoms with Crippen molar-refractivity contribution in [1.29, 1.82) is 0 Å². The van der Waals surface area contributed by atoms with Gasteiger partial charge in [-0.2, -0.15) is 0 Å². The monoisotopic (exact) mass is 212 g/mol. The third kappa shape index (κ3) is 4.37. The molecule has 1 rings (SSSR count). The number of hydrogen-bond acceptors (Lipinski definition) is 5. The lowest BCUT2D eigenvalue weighted by Crippen LogP contribution is -1.92. The van der Waals surface area contributed by atoms with Crippen molar-refractivity contribution < 1.29 is 19.1 Å². The first kappa shape index (κ1) is 11.4. The molecule has 0 radical (unpaired) electrons. The lowest BCUT2D eigenvalue weighted by molar-refractivity contribution is -0.131. The first-order chi connectivity index (χ1) is 7.22. The topological polar surface area (TPSA) is 85.5 Å². The number of aromatic nitrogens is 2. The molecule has 0 bridgehead atoms. The van der Waals surface area contributed by atoms with Crippen LogP contribution in [-0.2, 0) is 16.0 Å². The van der Waals surface area contributed by atoms with Gasteiger partial charge < -0.3 is 14.3 Å². The quantitative estimate of drug-likeness (QED) is 0.553. The summed E-state index contributed by atoms with van der Waals surface area (Å²) in [5.74, 6) is -0.365. The van der Waals surface area contributed by atoms with Crippen LogP contribution in [0.4, 0.5) is 0 Å². The molecule has 0 spiro atoms. The Hall–Kier alpha value is -1.69. The van der Waals surface area contributed by atoms with Gasteiger partial charge in [-0.05, 0) is 6.42 Å². The number of nitrogens with zero attached hydrogens (tertiary/aromatic N) is 2. The summed E-state index contributed by atoms with van der Waals surface area (Å²) in [7, 11) is 1.62. The van der Waals surface area contributed by atoms with E-state index in [1.165, 1.54) is 6.08 Å². The molecule has 82 valence electrons. The van der Waals surface area contributed by atoms with Crippen LogP contribution < -0.4 is 0 Å². The molecule has 0 aliphatic rings. The van der Waals surface area contributed by atoms with Gasteiger partial charge >= 0.3 is 5.97 Å². The highest BCUT2D eigenvalue weighted by Gasteiger charge is 2.03. The van der Waals surface area contributed by atoms with Crippen molar-refractivity contribution in [3.8, 4) is 0 Å². The van der Waals surface area contributed by atoms with Gasteiger partial charge in [0, 0.05) is 32.3 Å². The van der Waals surface area contributed by atoms with Gasteiger partial charge in [-0.25, -0.2) is 4.79 Å². The fourth-order valence-electron chi connectivity index (χ4n) is 0.945. The first-order valence-corrected chi connectivity index (χ1v) is 4.44. The van der Waals surface area contributed by atoms with Gasteiger partial charge in [0.1, 0.15) is 0 Å². The average Bonchev–Trinajstić information content (AvgIpc) is 2.63. The van der Waals surface area contributed by atoms with E-state index in [2.05, 4.69) is 10.2 Å². The van der Waals surface area contributed by atoms with Crippen LogP contribution in [0.5, 0.6) is 0 Å². The fourth-order valence-corrected chi connectivity index (χ4v) is 0.945. The zero-order valence-electron chi connectivity index (χ0n) is 8.34. The second kappa shape index (κ2) is 5.92. The van der Waals surface area contributed by atoms with Crippen LogP contribution in [0.1, 0.15) is 18.2 Å². The Labute approximate surface area is 86.6 Å². The van der Waals surface area contributed by atoms with Crippen molar-refractivity contribution in [2.24, 2.45) is 0 Å². The summed E-state index contributed by atoms with van der Waals surface area (Å²) in [6.45, 7) is 0.628. The Bertz CT molecular complexity index is 346. The molecule has 1 N–H and O–H groups in total. The van der Waals surface area contributed by atoms with Crippen molar-refractivity contribution >= 4 is 12.0 Å². The molecule has 0 fully saturated rings. The number of carbonyl (C=O) groups is 1. The summed E-state index contributed by atoms with van der Waals surface area (Å²) in [5.41, 5.74) is 0. The SMILES string of the molecule is COCCCc1nnc(/C=C/C(=O)O)o1. The number of methoxy groups -OCH3 is 1. The largest absolute Gasteiger partial charge is 0.478 e. The van der Waals surface area contributed by atoms with Gasteiger partial charge in [-0.15, -0.1) is 10.2 Å². The van der Waals surface area contributed by atoms with Crippen LogP contribution in [0.2, 0.25) is 0 Å². The van der Waals surface area contributed by atoms with Crippen LogP contribution >= 0.6 is 0 Å². The Balaban J connectivity index is 2.45. The summed E-state index contributed by atoms with van der Waals surface area (Å²) in [6.07, 6.45) is 3.63. The molecule has 0 aromatic carbocycles. The highest BCUT2D eigenvalue weighted by molar-refractivity contribution is 5.84. The Morgan fingerprint density at radius 2 is 2.40 bits per heavy atom. The second-order valence-corrected chi connectivity index (χ2v) is 2.80. The minimum atomic E-state index is -1.05. The predicted molar refractivity (Wildman–Crippen MR) is 51.2 cm³/mol. The highest BCUT2D eigenvalue weighted by atomic mass is 16.5. The number of carboxylic acids is 1. The maximum atomic E-state index is 10.2. The van der Waals surface area contributed by atoms with E-state index < -0.39 is 5.97 Å². The van der Waals surface area contributed by atoms with Gasteiger partial charge in [0.25, 0.3) is 0 Å². The molecule has 0 unspecified atom stereocenters. The van der Waals surface area contributed by atoms with Gasteiger partial charge in [0.05, 0.1) is 0 Å². The molecule has 0 amide bonds. The van der Waals surface area contributed by atoms with E-state index in [1.54, 1.807) is 7.11 Å². The Morgan fingerprint density at radius 1 is 1.60 bits per heavy atom. The number of aliphatic carboxylic acids is 1. The van der Waals surface area contributed by atoms with Crippen molar-refractivity contribution in [2.45, 2.75) is 12.8 Å². The van der Waals surface area contributed by atoms with E-state index in [0.717, 1.165) is 12.5 Å². The normalized spacial score (nSPS) is 11.0. The van der Waals surface area contributed by atoms with Gasteiger partial charge in [0.2, 0.25) is 11.8 Å². The molecule has 15 heavy (non-hydrogen) atoms. The van der Waals surface area contributed by atoms with Crippen LogP contribution in [0, 0.1) is 0 Å². The number of hydrogen-bond donors (Lipinski definition) is 1. The third-order valence-electron chi connectivity index (χ3n) is 1.59. The number of rotatable bonds is 6. The molecule has 1 aromatic heterocycles. The molecule has 0 aliphatic carbocycles. The molecule has 0 saturated heterocycles. The number of ether oxygens (including phenoxy) is 1. The fraction of sp³-hybridized carbons (Fsp3) is 0.444. The summed E-state index contributed by atoms with van der Waals surface area (Å²) >= 11 is 0. The van der Waals surface area contributed by atoms with Gasteiger partial charge in [-0.3, -0.25) is 0 Å². The van der Waals surface area contributed by atoms with Crippen LogP contribution in [0.15, 0.2) is 10.5 Å². The summed E-state index contributed by atoms with van der Waals surface area (Å²) in [6, 6.07) is 0. The molecule has 1 heterocycles. The van der Waals surface area contributed by atoms with Crippen molar-refractivity contribution in [3.63, 3.8) is 0 Å². The summed E-state index contributed by atoms with van der Waals surface area (Å²) < 4.78 is 10.0. The zero-order chi connectivity index (χ0) is 11.1. The summed E-state index contributed by atoms with van der Waals surface area (Å²) in [4.78, 5) is 10.2. The number of aryl methyl sites for hydroxylation is 1. The van der Waals surface area contributed by atoms with Crippen molar-refractivity contribution in [1.82, 2.24) is 10.2 Å². The zero-order valence-corrected chi connectivity index (χ0v) is 8.34. The van der Waals surface area contributed by atoms with E-state index in [1.807, 2.05) is 0 Å². The minimum Gasteiger partial charge on any atom is -0.478 e. The third-order valence-corrected chi connectivity index (χ3v) is 1.59. The smallest absolute Gasteiger partial charge is 0.328 e. The molecular formula is C9H12N2O4. The molecule has 0 saturated carbocycles. The lowest BCUT2D eigenvalue weighted by Gasteiger charge is -1.93. The van der Waals surface area contributed by atoms with Crippen LogP contribution in [0.25, 0.3) is 6.08 Å². The van der Waals surface area contributed by atoms with Crippen molar-refractivity contribution in [2.75, 3.05) is 13.7 Å². The summed E-state index contributed by atoms with van der Waals surface area (Å²) in [5, 5.41) is 15.8. The lowest BCUT2D eigenvalue weighted by atomic mass is 10.3. The molecular weight excluding hydrogens is 200 g/mol. The average molecular weight is 212 g/mol. The van der Waals surface area contributed by atoms with E-state index in [4.69, 9.17) is 14.3 Å². The number of carboxylic acid groups (broad SMARTS) is 1. The molecule has 6 heteroatoms. The molecule has 1 aromatic rings. The molecule has 0 atom stereocenters. The Morgan fingerprint density at radius 3 is 3.07 bits per heavy atom. The van der Waals surface area contributed by atoms with E-state index in [0.29, 0.717) is 18.9 Å². The Kier molecular flexibility index (Phi) is 4.49. The maximum Gasteiger partial charge on any atom is 0.328 e. The maximum absolute atomic E-state index is 10.2. The second-order valence-electron chi connectivity index (χ2n) is 2.80. The standard InChI is InChI=1S/C9H12N2O4/c1-14-6-2-3-7-10-11-8(15-7)4-5-9(12)13/h4-5H,2-3,6H2,1H3,(H,12,13)/b5-4+. The highest BCUT2D eigenvalue weighted by Crippen LogP contribution is 2.04. The predicted octanol–water partition coefficient (Wildman–Crippen LogP) is 0.746. The van der Waals surface area contributed by atoms with Crippen LogP contribution in [0.3, 0.4) is 0 Å². The van der Waals surface area contributed by atoms with E-state index >= 15 is 0 Å². The van der Waals surface area contributed by atoms with E-state index in [9.17, 15) is 4.79 Å². The van der Waals surface area contributed by atoms with Gasteiger partial charge in [0.15, 0.2) is 0 Å². The van der Waals surface area contributed by atoms with Crippen LogP contribution in [-0.4, -0.2) is 35.0 Å². The molecule has 0 aliphatic heterocycles. The van der Waals surface area contributed by atoms with Crippen molar-refractivity contribution in [3.05, 3.63) is 17.9 Å². The van der Waals surface area contributed by atoms with Gasteiger partial charge in [-0.1, -0.05) is 0 Å².